The molecule has 0 saturated heterocycles. The second-order valence-electron chi connectivity index (χ2n) is 9.07. The van der Waals surface area contributed by atoms with E-state index in [4.69, 9.17) is 26.9 Å². The minimum atomic E-state index is -0.280. The number of ether oxygens (including phenoxy) is 2. The Morgan fingerprint density at radius 3 is 1.49 bits per heavy atom. The minimum absolute atomic E-state index is 0.126. The van der Waals surface area contributed by atoms with Gasteiger partial charge in [0.05, 0.1) is 14.2 Å². The van der Waals surface area contributed by atoms with E-state index in [2.05, 4.69) is 5.43 Å². The highest BCUT2D eigenvalue weighted by Gasteiger charge is 2.22. The number of hydrogen-bond donors (Lipinski definition) is 2. The maximum Gasteiger partial charge on any atom is 0.235 e. The smallest absolute Gasteiger partial charge is 0.235 e. The highest BCUT2D eigenvalue weighted by Crippen LogP contribution is 2.32. The average Bonchev–Trinajstić information content (AvgIpc) is 2.81. The van der Waals surface area contributed by atoms with Crippen LogP contribution in [0.1, 0.15) is 51.7 Å². The van der Waals surface area contributed by atoms with Crippen LogP contribution in [0.15, 0.2) is 48.5 Å². The molecule has 1 amide bonds. The zero-order valence-electron chi connectivity index (χ0n) is 21.4. The summed E-state index contributed by atoms with van der Waals surface area (Å²) >= 11 is 8.87. The summed E-state index contributed by atoms with van der Waals surface area (Å²) in [5.41, 5.74) is 4.59. The molecular formula is C26H37ClN2O4S2. The van der Waals surface area contributed by atoms with Gasteiger partial charge in [0, 0.05) is 33.8 Å². The number of amides is 1. The molecule has 0 aliphatic heterocycles. The van der Waals surface area contributed by atoms with Gasteiger partial charge in [-0.2, -0.15) is 23.5 Å². The third kappa shape index (κ3) is 13.7. The number of nitrogens with two attached hydrogens (primary N) is 1. The van der Waals surface area contributed by atoms with E-state index in [1.165, 1.54) is 11.1 Å². The van der Waals surface area contributed by atoms with Crippen molar-refractivity contribution in [2.75, 3.05) is 14.2 Å². The Kier molecular flexibility index (Phi) is 13.6. The summed E-state index contributed by atoms with van der Waals surface area (Å²) in [6.45, 7) is 8.13. The maximum absolute atomic E-state index is 11.3. The summed E-state index contributed by atoms with van der Waals surface area (Å²) in [7, 11) is 3.30. The molecule has 6 nitrogen and oxygen atoms in total. The molecule has 0 radical (unpaired) electrons. The predicted octanol–water partition coefficient (Wildman–Crippen LogP) is 5.95. The van der Waals surface area contributed by atoms with Crippen molar-refractivity contribution in [3.63, 3.8) is 0 Å². The van der Waals surface area contributed by atoms with E-state index in [-0.39, 0.29) is 20.6 Å². The number of thioether (sulfide) groups is 2. The first-order valence-electron chi connectivity index (χ1n) is 11.1. The Hall–Kier alpha value is -1.87. The summed E-state index contributed by atoms with van der Waals surface area (Å²) in [6.07, 6.45) is 0.791. The standard InChI is InChI=1S/C13H17ClO2S.C13H20N2O2S/c1-13(2,8-12(14)15)17-9-10-4-6-11(16-3)7-5-10;1-13(2,8-12(16)15-14)18-9-10-4-6-11(17-3)7-5-10/h4-7H,8-9H2,1-3H3;4-7H,8-9,14H2,1-3H3,(H,15,16). The van der Waals surface area contributed by atoms with Gasteiger partial charge >= 0.3 is 0 Å². The fourth-order valence-corrected chi connectivity index (χ4v) is 5.25. The lowest BCUT2D eigenvalue weighted by atomic mass is 10.1. The molecule has 194 valence electrons. The van der Waals surface area contributed by atoms with Gasteiger partial charge in [-0.05, 0) is 47.0 Å². The molecule has 0 aliphatic carbocycles. The van der Waals surface area contributed by atoms with Crippen LogP contribution in [0.5, 0.6) is 11.5 Å². The first kappa shape index (κ1) is 31.2. The van der Waals surface area contributed by atoms with Gasteiger partial charge in [-0.25, -0.2) is 5.84 Å². The van der Waals surface area contributed by atoms with Crippen molar-refractivity contribution in [1.29, 1.82) is 0 Å². The summed E-state index contributed by atoms with van der Waals surface area (Å²) < 4.78 is 9.94. The molecule has 0 aromatic heterocycles. The van der Waals surface area contributed by atoms with E-state index in [1.54, 1.807) is 37.7 Å². The van der Waals surface area contributed by atoms with E-state index in [9.17, 15) is 9.59 Å². The molecular weight excluding hydrogens is 504 g/mol. The Morgan fingerprint density at radius 2 is 1.17 bits per heavy atom. The van der Waals surface area contributed by atoms with Gasteiger partial charge in [-0.1, -0.05) is 52.0 Å². The van der Waals surface area contributed by atoms with Gasteiger partial charge in [0.2, 0.25) is 11.1 Å². The number of hydrazine groups is 1. The fraction of sp³-hybridized carbons (Fsp3) is 0.462. The molecule has 9 heteroatoms. The number of rotatable bonds is 12. The first-order chi connectivity index (χ1) is 16.4. The Labute approximate surface area is 223 Å². The van der Waals surface area contributed by atoms with Crippen LogP contribution in [0, 0.1) is 0 Å². The summed E-state index contributed by atoms with van der Waals surface area (Å²) in [4.78, 5) is 22.1. The van der Waals surface area contributed by atoms with Crippen molar-refractivity contribution in [1.82, 2.24) is 5.43 Å². The first-order valence-corrected chi connectivity index (χ1v) is 13.5. The quantitative estimate of drug-likeness (QED) is 0.149. The molecule has 2 rings (SSSR count). The Balaban J connectivity index is 0.000000351. The molecule has 0 bridgehead atoms. The Morgan fingerprint density at radius 1 is 0.800 bits per heavy atom. The minimum Gasteiger partial charge on any atom is -0.497 e. The van der Waals surface area contributed by atoms with Gasteiger partial charge < -0.3 is 9.47 Å². The van der Waals surface area contributed by atoms with Crippen LogP contribution < -0.4 is 20.7 Å². The number of carbonyl (C=O) groups is 2. The maximum atomic E-state index is 11.3. The molecule has 0 unspecified atom stereocenters. The topological polar surface area (TPSA) is 90.6 Å². The number of halogens is 1. The second kappa shape index (κ2) is 15.3. The Bertz CT molecular complexity index is 920. The van der Waals surface area contributed by atoms with Crippen LogP contribution >= 0.6 is 35.1 Å². The highest BCUT2D eigenvalue weighted by molar-refractivity contribution is 8.00. The lowest BCUT2D eigenvalue weighted by Gasteiger charge is -2.22. The molecule has 0 saturated carbocycles. The summed E-state index contributed by atoms with van der Waals surface area (Å²) in [6, 6.07) is 15.9. The van der Waals surface area contributed by atoms with E-state index >= 15 is 0 Å². The van der Waals surface area contributed by atoms with Crippen molar-refractivity contribution < 1.29 is 19.1 Å². The van der Waals surface area contributed by atoms with Gasteiger partial charge in [-0.15, -0.1) is 0 Å². The molecule has 2 aromatic carbocycles. The van der Waals surface area contributed by atoms with Crippen LogP contribution in [-0.4, -0.2) is 34.9 Å². The van der Waals surface area contributed by atoms with Crippen molar-refractivity contribution in [2.45, 2.75) is 61.5 Å². The third-order valence-electron chi connectivity index (χ3n) is 4.89. The third-order valence-corrected chi connectivity index (χ3v) is 7.83. The zero-order valence-corrected chi connectivity index (χ0v) is 23.7. The molecule has 0 fully saturated rings. The van der Waals surface area contributed by atoms with Crippen molar-refractivity contribution in [3.8, 4) is 11.5 Å². The predicted molar refractivity (Wildman–Crippen MR) is 149 cm³/mol. The number of methoxy groups -OCH3 is 2. The summed E-state index contributed by atoms with van der Waals surface area (Å²) in [5.74, 6) is 8.39. The average molecular weight is 541 g/mol. The van der Waals surface area contributed by atoms with E-state index in [0.29, 0.717) is 12.8 Å². The van der Waals surface area contributed by atoms with E-state index < -0.39 is 0 Å². The van der Waals surface area contributed by atoms with Gasteiger partial charge in [-0.3, -0.25) is 15.0 Å². The SMILES string of the molecule is COc1ccc(CSC(C)(C)CC(=O)Cl)cc1.COc1ccc(CSC(C)(C)CC(=O)NN)cc1. The van der Waals surface area contributed by atoms with Crippen LogP contribution in [-0.2, 0) is 21.1 Å². The number of nitrogens with one attached hydrogen (secondary N) is 1. The van der Waals surface area contributed by atoms with Crippen molar-refractivity contribution in [3.05, 3.63) is 59.7 Å². The molecule has 0 spiro atoms. The van der Waals surface area contributed by atoms with Crippen LogP contribution in [0.3, 0.4) is 0 Å². The molecule has 2 aromatic rings. The monoisotopic (exact) mass is 540 g/mol. The normalized spacial score (nSPS) is 11.2. The molecule has 0 aliphatic rings. The fourth-order valence-electron chi connectivity index (χ4n) is 2.88. The van der Waals surface area contributed by atoms with Gasteiger partial charge in [0.1, 0.15) is 11.5 Å². The lowest BCUT2D eigenvalue weighted by molar-refractivity contribution is -0.121. The number of hydrogen-bond acceptors (Lipinski definition) is 7. The number of benzene rings is 2. The lowest BCUT2D eigenvalue weighted by Crippen LogP contribution is -2.35. The largest absolute Gasteiger partial charge is 0.497 e. The highest BCUT2D eigenvalue weighted by atomic mass is 35.5. The zero-order chi connectivity index (χ0) is 26.5. The van der Waals surface area contributed by atoms with Crippen LogP contribution in [0.2, 0.25) is 0 Å². The summed E-state index contributed by atoms with van der Waals surface area (Å²) in [5, 5.41) is -0.280. The second-order valence-corrected chi connectivity index (χ2v) is 12.9. The molecule has 3 N–H and O–H groups in total. The van der Waals surface area contributed by atoms with Crippen molar-refractivity contribution in [2.24, 2.45) is 5.84 Å². The molecule has 0 atom stereocenters. The molecule has 0 heterocycles. The van der Waals surface area contributed by atoms with E-state index in [1.807, 2.05) is 76.2 Å². The van der Waals surface area contributed by atoms with E-state index in [0.717, 1.165) is 23.0 Å². The molecule has 35 heavy (non-hydrogen) atoms. The van der Waals surface area contributed by atoms with Crippen molar-refractivity contribution >= 4 is 46.3 Å². The van der Waals surface area contributed by atoms with Gasteiger partial charge in [0.15, 0.2) is 0 Å². The van der Waals surface area contributed by atoms with Crippen LogP contribution in [0.4, 0.5) is 0 Å². The number of carbonyl (C=O) groups excluding carboxylic acids is 2. The van der Waals surface area contributed by atoms with Gasteiger partial charge in [0.25, 0.3) is 0 Å². The van der Waals surface area contributed by atoms with Crippen LogP contribution in [0.25, 0.3) is 0 Å².